The summed E-state index contributed by atoms with van der Waals surface area (Å²) in [6.07, 6.45) is 1.33. The first kappa shape index (κ1) is 24.0. The fraction of sp³-hybridized carbons (Fsp3) is 0.238. The number of ether oxygens (including phenoxy) is 2. The summed E-state index contributed by atoms with van der Waals surface area (Å²) in [4.78, 5) is 35.5. The highest BCUT2D eigenvalue weighted by atomic mass is 79.9. The van der Waals surface area contributed by atoms with Gasteiger partial charge in [-0.3, -0.25) is 14.4 Å². The molecule has 0 saturated carbocycles. The molecule has 0 spiro atoms. The molecule has 164 valence electrons. The number of nitrogens with one attached hydrogen (secondary N) is 3. The van der Waals surface area contributed by atoms with Gasteiger partial charge in [-0.2, -0.15) is 5.10 Å². The summed E-state index contributed by atoms with van der Waals surface area (Å²) in [6.45, 7) is 2.18. The highest BCUT2D eigenvalue weighted by Crippen LogP contribution is 2.20. The van der Waals surface area contributed by atoms with Gasteiger partial charge >= 0.3 is 11.8 Å². The Balaban J connectivity index is 1.89. The van der Waals surface area contributed by atoms with E-state index in [1.165, 1.54) is 13.3 Å². The molecule has 0 bridgehead atoms. The van der Waals surface area contributed by atoms with Crippen LogP contribution in [-0.2, 0) is 19.1 Å². The molecule has 0 atom stereocenters. The van der Waals surface area contributed by atoms with E-state index in [1.54, 1.807) is 30.3 Å². The largest absolute Gasteiger partial charge is 0.483 e. The van der Waals surface area contributed by atoms with Gasteiger partial charge in [-0.25, -0.2) is 5.43 Å². The Labute approximate surface area is 188 Å². The predicted molar refractivity (Wildman–Crippen MR) is 120 cm³/mol. The normalized spacial score (nSPS) is 10.5. The van der Waals surface area contributed by atoms with Crippen LogP contribution in [-0.4, -0.2) is 50.8 Å². The minimum absolute atomic E-state index is 0.213. The van der Waals surface area contributed by atoms with E-state index in [0.29, 0.717) is 23.6 Å². The second-order valence-corrected chi connectivity index (χ2v) is 7.20. The topological polar surface area (TPSA) is 118 Å². The number of nitrogens with zero attached hydrogens (tertiary/aromatic N) is 1. The van der Waals surface area contributed by atoms with Gasteiger partial charge in [-0.05, 0) is 42.8 Å². The van der Waals surface area contributed by atoms with Gasteiger partial charge in [0.15, 0.2) is 6.61 Å². The van der Waals surface area contributed by atoms with Gasteiger partial charge < -0.3 is 20.1 Å². The molecule has 9 nitrogen and oxygen atoms in total. The number of para-hydroxylation sites is 1. The Bertz CT molecular complexity index is 965. The van der Waals surface area contributed by atoms with Gasteiger partial charge in [0.2, 0.25) is 0 Å². The molecule has 2 rings (SSSR count). The summed E-state index contributed by atoms with van der Waals surface area (Å²) >= 11 is 3.38. The van der Waals surface area contributed by atoms with E-state index in [2.05, 4.69) is 37.1 Å². The monoisotopic (exact) mass is 490 g/mol. The smallest absolute Gasteiger partial charge is 0.329 e. The standard InChI is InChI=1S/C21H23BrN4O5/c1-14-11-16(22)7-8-17(14)25-19(27)13-31-18-6-4-3-5-15(18)12-24-26-21(29)20(28)23-9-10-30-2/h3-8,11-12H,9-10,13H2,1-2H3,(H,23,28)(H,25,27)(H,26,29)/b24-12-. The number of methoxy groups -OCH3 is 1. The van der Waals surface area contributed by atoms with E-state index in [-0.39, 0.29) is 19.1 Å². The molecule has 0 unspecified atom stereocenters. The van der Waals surface area contributed by atoms with Crippen LogP contribution in [0.5, 0.6) is 5.75 Å². The Morgan fingerprint density at radius 3 is 2.65 bits per heavy atom. The van der Waals surface area contributed by atoms with Gasteiger partial charge in [0, 0.05) is 29.4 Å². The number of aryl methyl sites for hydroxylation is 1. The lowest BCUT2D eigenvalue weighted by Gasteiger charge is -2.11. The number of carbonyl (C=O) groups excluding carboxylic acids is 3. The number of carbonyl (C=O) groups is 3. The lowest BCUT2D eigenvalue weighted by Crippen LogP contribution is -2.39. The van der Waals surface area contributed by atoms with E-state index < -0.39 is 11.8 Å². The maximum Gasteiger partial charge on any atom is 0.329 e. The number of halogens is 1. The van der Waals surface area contributed by atoms with Gasteiger partial charge in [0.05, 0.1) is 12.8 Å². The second-order valence-electron chi connectivity index (χ2n) is 6.28. The Kier molecular flexibility index (Phi) is 9.66. The van der Waals surface area contributed by atoms with Crippen LogP contribution in [0.15, 0.2) is 52.0 Å². The zero-order valence-corrected chi connectivity index (χ0v) is 18.7. The molecular formula is C21H23BrN4O5. The van der Waals surface area contributed by atoms with Crippen molar-refractivity contribution in [3.05, 3.63) is 58.1 Å². The van der Waals surface area contributed by atoms with E-state index in [0.717, 1.165) is 10.0 Å². The minimum Gasteiger partial charge on any atom is -0.483 e. The molecule has 10 heteroatoms. The van der Waals surface area contributed by atoms with E-state index >= 15 is 0 Å². The molecule has 31 heavy (non-hydrogen) atoms. The number of hydrogen-bond acceptors (Lipinski definition) is 6. The van der Waals surface area contributed by atoms with Crippen LogP contribution in [0.3, 0.4) is 0 Å². The van der Waals surface area contributed by atoms with Crippen molar-refractivity contribution in [2.24, 2.45) is 5.10 Å². The third-order valence-corrected chi connectivity index (χ3v) is 4.40. The lowest BCUT2D eigenvalue weighted by atomic mass is 10.2. The molecule has 0 aliphatic rings. The molecule has 0 heterocycles. The summed E-state index contributed by atoms with van der Waals surface area (Å²) in [5.74, 6) is -1.65. The van der Waals surface area contributed by atoms with E-state index in [1.807, 2.05) is 19.1 Å². The highest BCUT2D eigenvalue weighted by Gasteiger charge is 2.12. The zero-order chi connectivity index (χ0) is 22.6. The number of hydrazone groups is 1. The summed E-state index contributed by atoms with van der Waals surface area (Å²) in [7, 11) is 1.49. The molecule has 0 fully saturated rings. The Hall–Kier alpha value is -3.24. The first-order chi connectivity index (χ1) is 14.9. The quantitative estimate of drug-likeness (QED) is 0.215. The van der Waals surface area contributed by atoms with Crippen LogP contribution >= 0.6 is 15.9 Å². The molecular weight excluding hydrogens is 468 g/mol. The average molecular weight is 491 g/mol. The van der Waals surface area contributed by atoms with Crippen molar-refractivity contribution in [1.29, 1.82) is 0 Å². The first-order valence-electron chi connectivity index (χ1n) is 9.28. The summed E-state index contributed by atoms with van der Waals surface area (Å²) in [6, 6.07) is 12.4. The summed E-state index contributed by atoms with van der Waals surface area (Å²) in [5.41, 5.74) is 4.26. The van der Waals surface area contributed by atoms with Gasteiger partial charge in [-0.1, -0.05) is 28.1 Å². The fourth-order valence-electron chi connectivity index (χ4n) is 2.37. The molecule has 0 radical (unpaired) electrons. The number of amides is 3. The van der Waals surface area contributed by atoms with Crippen LogP contribution in [0.25, 0.3) is 0 Å². The van der Waals surface area contributed by atoms with Gasteiger partial charge in [0.25, 0.3) is 5.91 Å². The van der Waals surface area contributed by atoms with Crippen LogP contribution in [0, 0.1) is 6.92 Å². The summed E-state index contributed by atoms with van der Waals surface area (Å²) in [5, 5.41) is 8.94. The van der Waals surface area contributed by atoms with Crippen molar-refractivity contribution >= 4 is 45.6 Å². The average Bonchev–Trinajstić information content (AvgIpc) is 2.75. The molecule has 0 aliphatic heterocycles. The van der Waals surface area contributed by atoms with Crippen molar-refractivity contribution in [2.45, 2.75) is 6.92 Å². The number of rotatable bonds is 9. The zero-order valence-electron chi connectivity index (χ0n) is 17.1. The maximum absolute atomic E-state index is 12.2. The molecule has 0 aromatic heterocycles. The SMILES string of the molecule is COCCNC(=O)C(=O)N/N=C\c1ccccc1OCC(=O)Nc1ccc(Br)cc1C. The minimum atomic E-state index is -0.907. The van der Waals surface area contributed by atoms with Crippen molar-refractivity contribution in [3.63, 3.8) is 0 Å². The van der Waals surface area contributed by atoms with Crippen LogP contribution in [0.4, 0.5) is 5.69 Å². The van der Waals surface area contributed by atoms with Crippen LogP contribution in [0.1, 0.15) is 11.1 Å². The number of benzene rings is 2. The number of hydrogen-bond donors (Lipinski definition) is 3. The Morgan fingerprint density at radius 2 is 1.90 bits per heavy atom. The van der Waals surface area contributed by atoms with Crippen LogP contribution < -0.4 is 20.8 Å². The van der Waals surface area contributed by atoms with Crippen molar-refractivity contribution < 1.29 is 23.9 Å². The van der Waals surface area contributed by atoms with E-state index in [4.69, 9.17) is 9.47 Å². The van der Waals surface area contributed by atoms with E-state index in [9.17, 15) is 14.4 Å². The lowest BCUT2D eigenvalue weighted by molar-refractivity contribution is -0.139. The Morgan fingerprint density at radius 1 is 1.13 bits per heavy atom. The number of anilines is 1. The van der Waals surface area contributed by atoms with Gasteiger partial charge in [0.1, 0.15) is 5.75 Å². The molecule has 0 aliphatic carbocycles. The second kappa shape index (κ2) is 12.5. The van der Waals surface area contributed by atoms with Gasteiger partial charge in [-0.15, -0.1) is 0 Å². The highest BCUT2D eigenvalue weighted by molar-refractivity contribution is 9.10. The molecule has 3 N–H and O–H groups in total. The van der Waals surface area contributed by atoms with Crippen molar-refractivity contribution in [3.8, 4) is 5.75 Å². The molecule has 2 aromatic rings. The maximum atomic E-state index is 12.2. The first-order valence-corrected chi connectivity index (χ1v) is 10.1. The molecule has 3 amide bonds. The summed E-state index contributed by atoms with van der Waals surface area (Å²) < 4.78 is 11.3. The third kappa shape index (κ3) is 8.19. The molecule has 2 aromatic carbocycles. The van der Waals surface area contributed by atoms with Crippen molar-refractivity contribution in [1.82, 2.24) is 10.7 Å². The fourth-order valence-corrected chi connectivity index (χ4v) is 2.85. The van der Waals surface area contributed by atoms with Crippen LogP contribution in [0.2, 0.25) is 0 Å². The third-order valence-electron chi connectivity index (χ3n) is 3.91. The molecule has 0 saturated heterocycles. The van der Waals surface area contributed by atoms with Crippen molar-refractivity contribution in [2.75, 3.05) is 32.2 Å². The predicted octanol–water partition coefficient (Wildman–Crippen LogP) is 1.99.